The lowest BCUT2D eigenvalue weighted by molar-refractivity contribution is 0.100. The standard InChI is InChI=1S/C42H34N4O7/c1-26(47)27-4-3-5-28(22-27)40(49)44-32-8-16-38(17-9-32)53-39-20-12-34(13-21-39)46-42(51)30-23-29(24-35(48)25-30)41(50)45-33-10-18-37(19-11-33)52-36-14-6-31(43-2)7-15-36/h3-25,43,48H,1-2H3,(H,44,49)(H,45,50)(H,46,51). The molecule has 0 bridgehead atoms. The van der Waals surface area contributed by atoms with Crippen LogP contribution in [0.2, 0.25) is 0 Å². The molecule has 0 aliphatic rings. The van der Waals surface area contributed by atoms with Crippen LogP contribution in [0.3, 0.4) is 0 Å². The Labute approximate surface area is 305 Å². The molecule has 0 aromatic heterocycles. The van der Waals surface area contributed by atoms with Crippen molar-refractivity contribution >= 4 is 46.3 Å². The van der Waals surface area contributed by atoms with E-state index in [1.54, 1.807) is 97.1 Å². The van der Waals surface area contributed by atoms with Crippen molar-refractivity contribution in [3.8, 4) is 28.7 Å². The predicted molar refractivity (Wildman–Crippen MR) is 204 cm³/mol. The molecule has 0 atom stereocenters. The van der Waals surface area contributed by atoms with Gasteiger partial charge in [0.15, 0.2) is 5.78 Å². The zero-order valence-electron chi connectivity index (χ0n) is 28.7. The minimum Gasteiger partial charge on any atom is -0.508 e. The van der Waals surface area contributed by atoms with Gasteiger partial charge in [0.05, 0.1) is 0 Å². The summed E-state index contributed by atoms with van der Waals surface area (Å²) in [6.07, 6.45) is 0. The van der Waals surface area contributed by atoms with Gasteiger partial charge in [0, 0.05) is 52.1 Å². The van der Waals surface area contributed by atoms with E-state index >= 15 is 0 Å². The maximum Gasteiger partial charge on any atom is 0.255 e. The number of hydrogen-bond acceptors (Lipinski definition) is 8. The molecule has 0 unspecified atom stereocenters. The van der Waals surface area contributed by atoms with Gasteiger partial charge in [-0.05, 0) is 134 Å². The number of anilines is 4. The molecule has 6 aromatic carbocycles. The Bertz CT molecular complexity index is 2270. The van der Waals surface area contributed by atoms with Crippen molar-refractivity contribution in [2.24, 2.45) is 0 Å². The van der Waals surface area contributed by atoms with E-state index in [0.29, 0.717) is 51.2 Å². The molecule has 6 aromatic rings. The first kappa shape index (κ1) is 35.4. The van der Waals surface area contributed by atoms with E-state index in [4.69, 9.17) is 9.47 Å². The molecule has 264 valence electrons. The minimum atomic E-state index is -0.529. The lowest BCUT2D eigenvalue weighted by Gasteiger charge is -2.11. The van der Waals surface area contributed by atoms with E-state index < -0.39 is 11.8 Å². The second kappa shape index (κ2) is 16.1. The molecular formula is C42H34N4O7. The average molecular weight is 707 g/mol. The van der Waals surface area contributed by atoms with Gasteiger partial charge in [0.1, 0.15) is 28.7 Å². The summed E-state index contributed by atoms with van der Waals surface area (Å²) in [5, 5.41) is 21.7. The van der Waals surface area contributed by atoms with Gasteiger partial charge in [0.25, 0.3) is 17.7 Å². The number of ether oxygens (including phenoxy) is 2. The van der Waals surface area contributed by atoms with Crippen LogP contribution in [0, 0.1) is 0 Å². The van der Waals surface area contributed by atoms with Gasteiger partial charge in [-0.25, -0.2) is 0 Å². The van der Waals surface area contributed by atoms with E-state index in [9.17, 15) is 24.3 Å². The zero-order chi connectivity index (χ0) is 37.3. The van der Waals surface area contributed by atoms with Crippen LogP contribution in [0.1, 0.15) is 48.4 Å². The minimum absolute atomic E-state index is 0.0854. The molecule has 0 spiro atoms. The highest BCUT2D eigenvalue weighted by atomic mass is 16.5. The molecule has 0 saturated carbocycles. The Morgan fingerprint density at radius 2 is 0.792 bits per heavy atom. The molecule has 0 aliphatic heterocycles. The number of amides is 3. The topological polar surface area (TPSA) is 155 Å². The number of phenols is 1. The first-order chi connectivity index (χ1) is 25.6. The number of Topliss-reactive ketones (excluding diaryl/α,β-unsaturated/α-hetero) is 1. The third-order valence-corrected chi connectivity index (χ3v) is 7.92. The van der Waals surface area contributed by atoms with Crippen LogP contribution >= 0.6 is 0 Å². The Hall–Kier alpha value is -7.40. The number of ketones is 1. The van der Waals surface area contributed by atoms with Crippen molar-refractivity contribution in [2.45, 2.75) is 6.92 Å². The molecule has 5 N–H and O–H groups in total. The summed E-state index contributed by atoms with van der Waals surface area (Å²) in [6.45, 7) is 1.45. The van der Waals surface area contributed by atoms with Crippen LogP contribution in [0.5, 0.6) is 28.7 Å². The van der Waals surface area contributed by atoms with Crippen molar-refractivity contribution in [3.05, 3.63) is 162 Å². The van der Waals surface area contributed by atoms with Crippen molar-refractivity contribution < 1.29 is 33.8 Å². The zero-order valence-corrected chi connectivity index (χ0v) is 28.7. The number of nitrogens with one attached hydrogen (secondary N) is 4. The summed E-state index contributed by atoms with van der Waals surface area (Å²) >= 11 is 0. The molecular weight excluding hydrogens is 672 g/mol. The van der Waals surface area contributed by atoms with Gasteiger partial charge in [-0.2, -0.15) is 0 Å². The van der Waals surface area contributed by atoms with E-state index in [1.165, 1.54) is 25.1 Å². The van der Waals surface area contributed by atoms with Crippen molar-refractivity contribution in [1.29, 1.82) is 0 Å². The fourth-order valence-corrected chi connectivity index (χ4v) is 5.14. The molecule has 6 rings (SSSR count). The van der Waals surface area contributed by atoms with Crippen LogP contribution in [0.15, 0.2) is 140 Å². The van der Waals surface area contributed by atoms with Crippen LogP contribution in [0.4, 0.5) is 22.7 Å². The maximum atomic E-state index is 13.1. The van der Waals surface area contributed by atoms with Gasteiger partial charge in [-0.3, -0.25) is 19.2 Å². The van der Waals surface area contributed by atoms with Gasteiger partial charge in [-0.15, -0.1) is 0 Å². The summed E-state index contributed by atoms with van der Waals surface area (Å²) in [5.74, 6) is 0.520. The first-order valence-electron chi connectivity index (χ1n) is 16.4. The second-order valence-electron chi connectivity index (χ2n) is 11.8. The Balaban J connectivity index is 1.02. The highest BCUT2D eigenvalue weighted by Gasteiger charge is 2.15. The molecule has 11 nitrogen and oxygen atoms in total. The highest BCUT2D eigenvalue weighted by Crippen LogP contribution is 2.27. The summed E-state index contributed by atoms with van der Waals surface area (Å²) in [7, 11) is 1.84. The molecule has 0 aliphatic carbocycles. The normalized spacial score (nSPS) is 10.5. The molecule has 11 heteroatoms. The SMILES string of the molecule is CNc1ccc(Oc2ccc(NC(=O)c3cc(O)cc(C(=O)Nc4ccc(Oc5ccc(NC(=O)c6cccc(C(C)=O)c6)cc5)cc4)c3)cc2)cc1. The van der Waals surface area contributed by atoms with Crippen LogP contribution in [-0.4, -0.2) is 35.7 Å². The summed E-state index contributed by atoms with van der Waals surface area (Å²) in [6, 6.07) is 38.2. The average Bonchev–Trinajstić information content (AvgIpc) is 3.17. The lowest BCUT2D eigenvalue weighted by Crippen LogP contribution is -2.15. The van der Waals surface area contributed by atoms with Crippen LogP contribution in [0.25, 0.3) is 0 Å². The molecule has 0 fully saturated rings. The van der Waals surface area contributed by atoms with Gasteiger partial charge in [-0.1, -0.05) is 12.1 Å². The van der Waals surface area contributed by atoms with E-state index in [-0.39, 0.29) is 28.6 Å². The molecule has 53 heavy (non-hydrogen) atoms. The monoisotopic (exact) mass is 706 g/mol. The summed E-state index contributed by atoms with van der Waals surface area (Å²) in [4.78, 5) is 50.4. The summed E-state index contributed by atoms with van der Waals surface area (Å²) in [5.41, 5.74) is 3.48. The van der Waals surface area contributed by atoms with Crippen molar-refractivity contribution in [2.75, 3.05) is 28.3 Å². The number of phenolic OH excluding ortho intramolecular Hbond substituents is 1. The largest absolute Gasteiger partial charge is 0.508 e. The third-order valence-electron chi connectivity index (χ3n) is 7.92. The number of benzene rings is 6. The number of carbonyl (C=O) groups is 4. The van der Waals surface area contributed by atoms with E-state index in [1.807, 2.05) is 31.3 Å². The second-order valence-corrected chi connectivity index (χ2v) is 11.8. The molecule has 3 amide bonds. The van der Waals surface area contributed by atoms with Crippen LogP contribution < -0.4 is 30.7 Å². The van der Waals surface area contributed by atoms with E-state index in [0.717, 1.165) is 5.69 Å². The third kappa shape index (κ3) is 9.44. The summed E-state index contributed by atoms with van der Waals surface area (Å²) < 4.78 is 11.8. The predicted octanol–water partition coefficient (Wildman–Crippen LogP) is 8.98. The van der Waals surface area contributed by atoms with Gasteiger partial charge in [0.2, 0.25) is 0 Å². The Morgan fingerprint density at radius 3 is 1.17 bits per heavy atom. The Morgan fingerprint density at radius 1 is 0.453 bits per heavy atom. The van der Waals surface area contributed by atoms with Crippen molar-refractivity contribution in [1.82, 2.24) is 0 Å². The first-order valence-corrected chi connectivity index (χ1v) is 16.4. The smallest absolute Gasteiger partial charge is 0.255 e. The fraction of sp³-hybridized carbons (Fsp3) is 0.0476. The lowest BCUT2D eigenvalue weighted by atomic mass is 10.1. The number of rotatable bonds is 12. The number of carbonyl (C=O) groups excluding carboxylic acids is 4. The van der Waals surface area contributed by atoms with Gasteiger partial charge < -0.3 is 35.8 Å². The quantitative estimate of drug-likeness (QED) is 0.0790. The Kier molecular flexibility index (Phi) is 10.8. The molecule has 0 heterocycles. The maximum absolute atomic E-state index is 13.1. The number of hydrogen-bond donors (Lipinski definition) is 5. The molecule has 0 saturated heterocycles. The van der Waals surface area contributed by atoms with Crippen LogP contribution in [-0.2, 0) is 0 Å². The molecule has 0 radical (unpaired) electrons. The highest BCUT2D eigenvalue weighted by molar-refractivity contribution is 6.09. The fourth-order valence-electron chi connectivity index (χ4n) is 5.14. The van der Waals surface area contributed by atoms with Gasteiger partial charge >= 0.3 is 0 Å². The number of aromatic hydroxyl groups is 1. The van der Waals surface area contributed by atoms with E-state index in [2.05, 4.69) is 21.3 Å². The van der Waals surface area contributed by atoms with Crippen molar-refractivity contribution in [3.63, 3.8) is 0 Å².